The number of nitrogens with zero attached hydrogens (tertiary/aromatic N) is 1. The zero-order valence-electron chi connectivity index (χ0n) is 15.4. The van der Waals surface area contributed by atoms with Crippen molar-refractivity contribution in [1.29, 1.82) is 0 Å². The number of carbonyl (C=O) groups is 3. The largest absolute Gasteiger partial charge is 0.480 e. The van der Waals surface area contributed by atoms with Gasteiger partial charge in [0.25, 0.3) is 5.91 Å². The maximum Gasteiger partial charge on any atom is 0.326 e. The summed E-state index contributed by atoms with van der Waals surface area (Å²) in [5, 5.41) is 12.2. The van der Waals surface area contributed by atoms with Gasteiger partial charge in [0.2, 0.25) is 5.91 Å². The minimum Gasteiger partial charge on any atom is -0.480 e. The Hall–Kier alpha value is -2.63. The van der Waals surface area contributed by atoms with Crippen molar-refractivity contribution < 1.29 is 19.5 Å². The summed E-state index contributed by atoms with van der Waals surface area (Å²) in [6.07, 6.45) is 8.94. The highest BCUT2D eigenvalue weighted by molar-refractivity contribution is 5.99. The van der Waals surface area contributed by atoms with Crippen molar-refractivity contribution in [1.82, 2.24) is 4.90 Å². The molecule has 27 heavy (non-hydrogen) atoms. The van der Waals surface area contributed by atoms with Crippen LogP contribution in [0.2, 0.25) is 0 Å². The predicted octanol–water partition coefficient (Wildman–Crippen LogP) is 3.59. The van der Waals surface area contributed by atoms with Crippen LogP contribution in [0.3, 0.4) is 0 Å². The summed E-state index contributed by atoms with van der Waals surface area (Å²) < 4.78 is 0. The van der Waals surface area contributed by atoms with Crippen LogP contribution in [0.5, 0.6) is 0 Å². The molecule has 2 amide bonds. The van der Waals surface area contributed by atoms with E-state index in [1.165, 1.54) is 16.9 Å². The molecule has 2 aliphatic rings. The van der Waals surface area contributed by atoms with Crippen LogP contribution in [0.1, 0.15) is 61.7 Å². The van der Waals surface area contributed by atoms with Gasteiger partial charge in [-0.3, -0.25) is 9.59 Å². The summed E-state index contributed by atoms with van der Waals surface area (Å²) in [7, 11) is 0. The van der Waals surface area contributed by atoms with Crippen molar-refractivity contribution in [3.8, 4) is 0 Å². The van der Waals surface area contributed by atoms with E-state index in [4.69, 9.17) is 0 Å². The topological polar surface area (TPSA) is 86.7 Å². The Kier molecular flexibility index (Phi) is 6.27. The van der Waals surface area contributed by atoms with E-state index >= 15 is 0 Å². The maximum absolute atomic E-state index is 12.8. The summed E-state index contributed by atoms with van der Waals surface area (Å²) in [5.74, 6) is -1.35. The summed E-state index contributed by atoms with van der Waals surface area (Å²) in [6, 6.07) is 5.97. The summed E-state index contributed by atoms with van der Waals surface area (Å²) >= 11 is 0. The molecule has 1 saturated heterocycles. The Morgan fingerprint density at radius 3 is 2.74 bits per heavy atom. The first-order valence-corrected chi connectivity index (χ1v) is 9.66. The van der Waals surface area contributed by atoms with E-state index in [1.54, 1.807) is 24.3 Å². The van der Waals surface area contributed by atoms with Gasteiger partial charge in [0.05, 0.1) is 0 Å². The van der Waals surface area contributed by atoms with Gasteiger partial charge in [-0.15, -0.1) is 0 Å². The first-order valence-electron chi connectivity index (χ1n) is 9.66. The molecule has 1 aliphatic carbocycles. The van der Waals surface area contributed by atoms with Crippen LogP contribution < -0.4 is 5.32 Å². The van der Waals surface area contributed by atoms with Crippen LogP contribution in [0.25, 0.3) is 0 Å². The third-order valence-electron chi connectivity index (χ3n) is 5.21. The van der Waals surface area contributed by atoms with E-state index in [0.717, 1.165) is 32.1 Å². The molecule has 144 valence electrons. The predicted molar refractivity (Wildman–Crippen MR) is 103 cm³/mol. The van der Waals surface area contributed by atoms with Crippen LogP contribution in [0.15, 0.2) is 35.9 Å². The highest BCUT2D eigenvalue weighted by Crippen LogP contribution is 2.23. The highest BCUT2D eigenvalue weighted by Gasteiger charge is 2.32. The normalized spacial score (nSPS) is 19.9. The van der Waals surface area contributed by atoms with E-state index in [-0.39, 0.29) is 11.8 Å². The van der Waals surface area contributed by atoms with Crippen LogP contribution >= 0.6 is 0 Å². The monoisotopic (exact) mass is 370 g/mol. The van der Waals surface area contributed by atoms with E-state index in [2.05, 4.69) is 11.4 Å². The molecule has 0 saturated carbocycles. The zero-order valence-corrected chi connectivity index (χ0v) is 15.4. The standard InChI is InChI=1S/C21H26N2O4/c24-19(13-15-7-2-1-3-8-15)22-17-10-6-9-16(14-17)20(25)23-12-5-4-11-18(23)21(26)27/h6-7,9-10,14,18H,1-5,8,11-13H2,(H,22,24)(H,26,27). The van der Waals surface area contributed by atoms with Gasteiger partial charge in [-0.05, 0) is 63.1 Å². The fourth-order valence-corrected chi connectivity index (χ4v) is 3.80. The lowest BCUT2D eigenvalue weighted by molar-refractivity contribution is -0.143. The molecule has 2 N–H and O–H groups in total. The number of allylic oxidation sites excluding steroid dienone is 1. The Morgan fingerprint density at radius 2 is 2.00 bits per heavy atom. The number of hydrogen-bond donors (Lipinski definition) is 2. The molecule has 0 spiro atoms. The van der Waals surface area contributed by atoms with E-state index in [1.807, 2.05) is 0 Å². The number of likely N-dealkylation sites (tertiary alicyclic amines) is 1. The number of piperidine rings is 1. The first kappa shape index (κ1) is 19.1. The van der Waals surface area contributed by atoms with Gasteiger partial charge in [0.15, 0.2) is 0 Å². The molecule has 1 unspecified atom stereocenters. The number of benzene rings is 1. The van der Waals surface area contributed by atoms with Crippen LogP contribution in [0.4, 0.5) is 5.69 Å². The number of amides is 2. The number of nitrogens with one attached hydrogen (secondary N) is 1. The smallest absolute Gasteiger partial charge is 0.326 e. The van der Waals surface area contributed by atoms with Gasteiger partial charge in [-0.2, -0.15) is 0 Å². The lowest BCUT2D eigenvalue weighted by Gasteiger charge is -2.33. The Bertz CT molecular complexity index is 756. The minimum atomic E-state index is -0.965. The Balaban J connectivity index is 1.67. The number of anilines is 1. The second-order valence-electron chi connectivity index (χ2n) is 7.26. The van der Waals surface area contributed by atoms with E-state index < -0.39 is 12.0 Å². The minimum absolute atomic E-state index is 0.0888. The highest BCUT2D eigenvalue weighted by atomic mass is 16.4. The summed E-state index contributed by atoms with van der Waals surface area (Å²) in [5.41, 5.74) is 2.13. The van der Waals surface area contributed by atoms with Gasteiger partial charge in [-0.1, -0.05) is 17.7 Å². The summed E-state index contributed by atoms with van der Waals surface area (Å²) in [6.45, 7) is 0.445. The Morgan fingerprint density at radius 1 is 1.15 bits per heavy atom. The van der Waals surface area contributed by atoms with Crippen molar-refractivity contribution in [2.24, 2.45) is 0 Å². The van der Waals surface area contributed by atoms with Gasteiger partial charge >= 0.3 is 5.97 Å². The molecule has 0 radical (unpaired) electrons. The Labute approximate surface area is 159 Å². The zero-order chi connectivity index (χ0) is 19.2. The first-order chi connectivity index (χ1) is 13.0. The summed E-state index contributed by atoms with van der Waals surface area (Å²) in [4.78, 5) is 38.0. The average molecular weight is 370 g/mol. The molecule has 1 fully saturated rings. The second-order valence-corrected chi connectivity index (χ2v) is 7.26. The molecular formula is C21H26N2O4. The lowest BCUT2D eigenvalue weighted by Crippen LogP contribution is -2.48. The number of carboxylic acid groups (broad SMARTS) is 1. The van der Waals surface area contributed by atoms with Crippen LogP contribution in [-0.2, 0) is 9.59 Å². The van der Waals surface area contributed by atoms with Gasteiger partial charge in [-0.25, -0.2) is 4.79 Å². The van der Waals surface area contributed by atoms with Gasteiger partial charge in [0, 0.05) is 24.2 Å². The van der Waals surface area contributed by atoms with E-state index in [9.17, 15) is 19.5 Å². The fourth-order valence-electron chi connectivity index (χ4n) is 3.80. The fraction of sp³-hybridized carbons (Fsp3) is 0.476. The third kappa shape index (κ3) is 4.96. The molecule has 0 aromatic heterocycles. The van der Waals surface area contributed by atoms with Crippen LogP contribution in [0, 0.1) is 0 Å². The maximum atomic E-state index is 12.8. The number of carboxylic acids is 1. The number of carbonyl (C=O) groups excluding carboxylic acids is 2. The SMILES string of the molecule is O=C(CC1=CCCCC1)Nc1cccc(C(=O)N2CCCCC2C(=O)O)c1. The molecule has 1 heterocycles. The van der Waals surface area contributed by atoms with Crippen molar-refractivity contribution in [3.63, 3.8) is 0 Å². The number of rotatable bonds is 5. The molecule has 6 heteroatoms. The van der Waals surface area contributed by atoms with Gasteiger partial charge in [0.1, 0.15) is 6.04 Å². The van der Waals surface area contributed by atoms with Crippen molar-refractivity contribution in [2.45, 2.75) is 57.4 Å². The van der Waals surface area contributed by atoms with Crippen molar-refractivity contribution in [2.75, 3.05) is 11.9 Å². The molecule has 1 aromatic rings. The lowest BCUT2D eigenvalue weighted by atomic mass is 9.97. The van der Waals surface area contributed by atoms with Crippen LogP contribution in [-0.4, -0.2) is 40.4 Å². The number of aliphatic carboxylic acids is 1. The molecule has 1 atom stereocenters. The van der Waals surface area contributed by atoms with Crippen molar-refractivity contribution in [3.05, 3.63) is 41.5 Å². The molecule has 3 rings (SSSR count). The molecular weight excluding hydrogens is 344 g/mol. The molecule has 6 nitrogen and oxygen atoms in total. The second kappa shape index (κ2) is 8.84. The molecule has 1 aromatic carbocycles. The molecule has 1 aliphatic heterocycles. The van der Waals surface area contributed by atoms with Crippen molar-refractivity contribution >= 4 is 23.5 Å². The molecule has 0 bridgehead atoms. The number of hydrogen-bond acceptors (Lipinski definition) is 3. The van der Waals surface area contributed by atoms with E-state index in [0.29, 0.717) is 30.6 Å². The quantitative estimate of drug-likeness (QED) is 0.776. The van der Waals surface area contributed by atoms with Gasteiger partial charge < -0.3 is 15.3 Å². The third-order valence-corrected chi connectivity index (χ3v) is 5.21. The average Bonchev–Trinajstić information content (AvgIpc) is 2.68.